The molecule has 0 atom stereocenters. The Morgan fingerprint density at radius 1 is 0.781 bits per heavy atom. The van der Waals surface area contributed by atoms with Crippen LogP contribution in [0.5, 0.6) is 5.75 Å². The lowest BCUT2D eigenvalue weighted by Gasteiger charge is -2.06. The van der Waals surface area contributed by atoms with Gasteiger partial charge in [-0.25, -0.2) is 4.79 Å². The van der Waals surface area contributed by atoms with Crippen molar-refractivity contribution < 1.29 is 13.9 Å². The second-order valence-corrected chi connectivity index (χ2v) is 9.08. The van der Waals surface area contributed by atoms with Crippen LogP contribution >= 0.6 is 0 Å². The Morgan fingerprint density at radius 3 is 1.88 bits per heavy atom. The number of aryl methyl sites for hydroxylation is 1. The second kappa shape index (κ2) is 15.7. The number of carbonyl (C=O) groups is 1. The Balaban J connectivity index is 1.46. The van der Waals surface area contributed by atoms with Gasteiger partial charge in [0.05, 0.1) is 0 Å². The van der Waals surface area contributed by atoms with E-state index >= 15 is 0 Å². The molecule has 4 heteroatoms. The number of hydrogen-bond acceptors (Lipinski definition) is 4. The maximum atomic E-state index is 12.1. The van der Waals surface area contributed by atoms with E-state index in [4.69, 9.17) is 9.15 Å². The smallest absolute Gasteiger partial charge is 0.336 e. The highest BCUT2D eigenvalue weighted by Gasteiger charge is 2.08. The van der Waals surface area contributed by atoms with Crippen LogP contribution in [0.15, 0.2) is 33.5 Å². The zero-order valence-corrected chi connectivity index (χ0v) is 20.3. The van der Waals surface area contributed by atoms with Crippen molar-refractivity contribution in [1.82, 2.24) is 0 Å². The quantitative estimate of drug-likeness (QED) is 0.107. The van der Waals surface area contributed by atoms with Gasteiger partial charge in [-0.15, -0.1) is 0 Å². The molecule has 0 amide bonds. The van der Waals surface area contributed by atoms with E-state index in [1.165, 1.54) is 89.5 Å². The van der Waals surface area contributed by atoms with Gasteiger partial charge in [0.2, 0.25) is 0 Å². The number of rotatable bonds is 17. The van der Waals surface area contributed by atoms with E-state index < -0.39 is 5.63 Å². The van der Waals surface area contributed by atoms with Gasteiger partial charge in [0, 0.05) is 23.9 Å². The van der Waals surface area contributed by atoms with Gasteiger partial charge >= 0.3 is 11.6 Å². The second-order valence-electron chi connectivity index (χ2n) is 9.08. The number of unbranched alkanes of at least 4 members (excludes halogenated alkanes) is 14. The first kappa shape index (κ1) is 26.2. The lowest BCUT2D eigenvalue weighted by Crippen LogP contribution is -2.07. The maximum Gasteiger partial charge on any atom is 0.336 e. The van der Waals surface area contributed by atoms with Crippen LogP contribution in [-0.2, 0) is 4.79 Å². The fourth-order valence-corrected chi connectivity index (χ4v) is 4.19. The minimum atomic E-state index is -0.392. The average molecular weight is 443 g/mol. The van der Waals surface area contributed by atoms with E-state index in [2.05, 4.69) is 6.92 Å². The van der Waals surface area contributed by atoms with E-state index in [0.29, 0.717) is 17.8 Å². The topological polar surface area (TPSA) is 56.5 Å². The zero-order valence-electron chi connectivity index (χ0n) is 20.3. The van der Waals surface area contributed by atoms with E-state index in [9.17, 15) is 9.59 Å². The van der Waals surface area contributed by atoms with Gasteiger partial charge in [-0.3, -0.25) is 4.79 Å². The van der Waals surface area contributed by atoms with Gasteiger partial charge in [-0.05, 0) is 31.0 Å². The molecule has 0 fully saturated rings. The summed E-state index contributed by atoms with van der Waals surface area (Å²) in [5.41, 5.74) is 0.912. The van der Waals surface area contributed by atoms with E-state index in [-0.39, 0.29) is 5.97 Å². The van der Waals surface area contributed by atoms with Gasteiger partial charge in [0.15, 0.2) is 0 Å². The van der Waals surface area contributed by atoms with Crippen LogP contribution in [0.1, 0.15) is 115 Å². The summed E-state index contributed by atoms with van der Waals surface area (Å²) in [4.78, 5) is 23.6. The monoisotopic (exact) mass is 442 g/mol. The molecule has 0 N–H and O–H groups in total. The van der Waals surface area contributed by atoms with Crippen molar-refractivity contribution in [2.75, 3.05) is 0 Å². The number of benzene rings is 1. The SMILES string of the molecule is CCCCCCCCCCCCCCCCCC(=O)Oc1ccc2c(C)cc(=O)oc2c1. The molecule has 0 aliphatic heterocycles. The highest BCUT2D eigenvalue weighted by molar-refractivity contribution is 5.82. The van der Waals surface area contributed by atoms with Crippen LogP contribution in [0.4, 0.5) is 0 Å². The Hall–Kier alpha value is -2.10. The Kier molecular flexibility index (Phi) is 12.8. The molecule has 0 radical (unpaired) electrons. The van der Waals surface area contributed by atoms with Crippen molar-refractivity contribution in [3.05, 3.63) is 40.2 Å². The molecular formula is C28H42O4. The molecule has 2 rings (SSSR count). The standard InChI is InChI=1S/C28H42O4/c1-3-4-5-6-7-8-9-10-11-12-13-14-15-16-17-18-27(29)31-24-19-20-25-23(2)21-28(30)32-26(25)22-24/h19-22H,3-18H2,1-2H3. The highest BCUT2D eigenvalue weighted by Crippen LogP contribution is 2.23. The Bertz CT molecular complexity index is 852. The predicted molar refractivity (Wildman–Crippen MR) is 132 cm³/mol. The van der Waals surface area contributed by atoms with Crippen molar-refractivity contribution in [3.8, 4) is 5.75 Å². The Labute approximate surface area is 193 Å². The van der Waals surface area contributed by atoms with Crippen LogP contribution in [0.3, 0.4) is 0 Å². The zero-order chi connectivity index (χ0) is 23.0. The molecule has 178 valence electrons. The molecule has 0 spiro atoms. The molecular weight excluding hydrogens is 400 g/mol. The molecule has 0 bridgehead atoms. The minimum Gasteiger partial charge on any atom is -0.426 e. The summed E-state index contributed by atoms with van der Waals surface area (Å²) < 4.78 is 10.6. The molecule has 4 nitrogen and oxygen atoms in total. The fraction of sp³-hybridized carbons (Fsp3) is 0.643. The predicted octanol–water partition coefficient (Wildman–Crippen LogP) is 8.27. The molecule has 1 aromatic carbocycles. The summed E-state index contributed by atoms with van der Waals surface area (Å²) >= 11 is 0. The first-order chi connectivity index (χ1) is 15.6. The third-order valence-corrected chi connectivity index (χ3v) is 6.14. The van der Waals surface area contributed by atoms with E-state index in [0.717, 1.165) is 23.8 Å². The normalized spacial score (nSPS) is 11.2. The highest BCUT2D eigenvalue weighted by atomic mass is 16.5. The van der Waals surface area contributed by atoms with Crippen molar-refractivity contribution in [2.45, 2.75) is 117 Å². The number of esters is 1. The summed E-state index contributed by atoms with van der Waals surface area (Å²) in [5.74, 6) is 0.200. The molecule has 0 unspecified atom stereocenters. The van der Waals surface area contributed by atoms with E-state index in [1.807, 2.05) is 13.0 Å². The summed E-state index contributed by atoms with van der Waals surface area (Å²) in [7, 11) is 0. The first-order valence-corrected chi connectivity index (χ1v) is 12.9. The molecule has 0 aliphatic rings. The van der Waals surface area contributed by atoms with Gasteiger partial charge in [0.25, 0.3) is 0 Å². The fourth-order valence-electron chi connectivity index (χ4n) is 4.19. The van der Waals surface area contributed by atoms with Crippen LogP contribution in [0.2, 0.25) is 0 Å². The van der Waals surface area contributed by atoms with Gasteiger partial charge in [-0.1, -0.05) is 96.8 Å². The first-order valence-electron chi connectivity index (χ1n) is 12.9. The van der Waals surface area contributed by atoms with Crippen LogP contribution < -0.4 is 10.4 Å². The molecule has 0 saturated heterocycles. The van der Waals surface area contributed by atoms with Crippen molar-refractivity contribution >= 4 is 16.9 Å². The van der Waals surface area contributed by atoms with Crippen molar-refractivity contribution in [1.29, 1.82) is 0 Å². The van der Waals surface area contributed by atoms with Gasteiger partial charge in [0.1, 0.15) is 11.3 Å². The molecule has 0 aliphatic carbocycles. The molecule has 2 aromatic rings. The lowest BCUT2D eigenvalue weighted by molar-refractivity contribution is -0.134. The number of fused-ring (bicyclic) bond motifs is 1. The van der Waals surface area contributed by atoms with Crippen LogP contribution in [-0.4, -0.2) is 5.97 Å². The summed E-state index contributed by atoms with van der Waals surface area (Å²) in [6.45, 7) is 4.13. The minimum absolute atomic E-state index is 0.228. The summed E-state index contributed by atoms with van der Waals surface area (Å²) in [5, 5.41) is 0.854. The van der Waals surface area contributed by atoms with Crippen molar-refractivity contribution in [2.24, 2.45) is 0 Å². The lowest BCUT2D eigenvalue weighted by atomic mass is 10.0. The molecule has 1 heterocycles. The molecule has 32 heavy (non-hydrogen) atoms. The average Bonchev–Trinajstić information content (AvgIpc) is 2.76. The maximum absolute atomic E-state index is 12.1. The molecule has 0 saturated carbocycles. The van der Waals surface area contributed by atoms with Gasteiger partial charge < -0.3 is 9.15 Å². The number of carbonyl (C=O) groups excluding carboxylic acids is 1. The Morgan fingerprint density at radius 2 is 1.31 bits per heavy atom. The van der Waals surface area contributed by atoms with Gasteiger partial charge in [-0.2, -0.15) is 0 Å². The number of hydrogen-bond donors (Lipinski definition) is 0. The van der Waals surface area contributed by atoms with Crippen LogP contribution in [0.25, 0.3) is 11.0 Å². The third-order valence-electron chi connectivity index (χ3n) is 6.14. The summed E-state index contributed by atoms with van der Waals surface area (Å²) in [6.07, 6.45) is 20.0. The summed E-state index contributed by atoms with van der Waals surface area (Å²) in [6, 6.07) is 6.65. The van der Waals surface area contributed by atoms with E-state index in [1.54, 1.807) is 12.1 Å². The third kappa shape index (κ3) is 10.5. The molecule has 1 aromatic heterocycles. The van der Waals surface area contributed by atoms with Crippen molar-refractivity contribution in [3.63, 3.8) is 0 Å². The largest absolute Gasteiger partial charge is 0.426 e. The number of ether oxygens (including phenoxy) is 1. The van der Waals surface area contributed by atoms with Crippen LogP contribution in [0, 0.1) is 6.92 Å².